The molecule has 0 aliphatic rings. The van der Waals surface area contributed by atoms with Gasteiger partial charge in [-0.25, -0.2) is 4.98 Å². The van der Waals surface area contributed by atoms with Crippen LogP contribution in [0.3, 0.4) is 0 Å². The molecule has 1 aromatic carbocycles. The van der Waals surface area contributed by atoms with E-state index in [1.165, 1.54) is 18.2 Å². The van der Waals surface area contributed by atoms with Gasteiger partial charge in [-0.2, -0.15) is 0 Å². The van der Waals surface area contributed by atoms with Crippen LogP contribution in [0.25, 0.3) is 0 Å². The number of nitro groups is 1. The lowest BCUT2D eigenvalue weighted by Crippen LogP contribution is -2.15. The van der Waals surface area contributed by atoms with Crippen LogP contribution in [-0.2, 0) is 0 Å². The van der Waals surface area contributed by atoms with E-state index in [0.29, 0.717) is 5.69 Å². The Balaban J connectivity index is 2.33. The molecule has 1 amide bonds. The van der Waals surface area contributed by atoms with Crippen molar-refractivity contribution < 1.29 is 9.72 Å². The van der Waals surface area contributed by atoms with Crippen molar-refractivity contribution in [3.05, 3.63) is 62.4 Å². The van der Waals surface area contributed by atoms with Gasteiger partial charge in [0.05, 0.1) is 4.92 Å². The molecule has 0 saturated heterocycles. The van der Waals surface area contributed by atoms with Crippen LogP contribution < -0.4 is 5.32 Å². The van der Waals surface area contributed by atoms with Crippen molar-refractivity contribution in [2.75, 3.05) is 5.32 Å². The van der Waals surface area contributed by atoms with E-state index < -0.39 is 10.8 Å². The van der Waals surface area contributed by atoms with E-state index in [-0.39, 0.29) is 22.1 Å². The number of pyridine rings is 1. The smallest absolute Gasteiger partial charge is 0.294 e. The largest absolute Gasteiger partial charge is 0.315 e. The van der Waals surface area contributed by atoms with Crippen molar-refractivity contribution in [1.29, 1.82) is 0 Å². The van der Waals surface area contributed by atoms with E-state index in [2.05, 4.69) is 10.3 Å². The molecule has 0 bridgehead atoms. The zero-order chi connectivity index (χ0) is 15.6. The number of benzene rings is 1. The lowest BCUT2D eigenvalue weighted by molar-refractivity contribution is -0.383. The van der Waals surface area contributed by atoms with Gasteiger partial charge in [0, 0.05) is 16.8 Å². The first-order valence-corrected chi connectivity index (χ1v) is 6.45. The second-order valence-corrected chi connectivity index (χ2v) is 4.98. The number of aryl methyl sites for hydroxylation is 2. The molecule has 21 heavy (non-hydrogen) atoms. The monoisotopic (exact) mass is 305 g/mol. The average molecular weight is 306 g/mol. The molecule has 1 N–H and O–H groups in total. The lowest BCUT2D eigenvalue weighted by Gasteiger charge is -2.07. The highest BCUT2D eigenvalue weighted by Gasteiger charge is 2.18. The molecule has 0 radical (unpaired) electrons. The zero-order valence-corrected chi connectivity index (χ0v) is 12.1. The van der Waals surface area contributed by atoms with Crippen LogP contribution in [-0.4, -0.2) is 15.8 Å². The predicted molar refractivity (Wildman–Crippen MR) is 79.8 cm³/mol. The van der Waals surface area contributed by atoms with E-state index in [9.17, 15) is 14.9 Å². The summed E-state index contributed by atoms with van der Waals surface area (Å²) in [5, 5.41) is 13.7. The Hall–Kier alpha value is -2.47. The number of anilines is 1. The van der Waals surface area contributed by atoms with Crippen LogP contribution in [0.1, 0.15) is 21.7 Å². The quantitative estimate of drug-likeness (QED) is 0.694. The summed E-state index contributed by atoms with van der Waals surface area (Å²) >= 11 is 5.73. The molecule has 0 aliphatic heterocycles. The van der Waals surface area contributed by atoms with Crippen molar-refractivity contribution in [3.8, 4) is 0 Å². The number of aromatic nitrogens is 1. The van der Waals surface area contributed by atoms with E-state index in [1.54, 1.807) is 13.0 Å². The number of rotatable bonds is 3. The predicted octanol–water partition coefficient (Wildman–Crippen LogP) is 3.51. The second-order valence-electron chi connectivity index (χ2n) is 4.54. The maximum absolute atomic E-state index is 12.1. The number of hydrogen-bond acceptors (Lipinski definition) is 4. The molecule has 2 aromatic rings. The van der Waals surface area contributed by atoms with Crippen LogP contribution >= 0.6 is 11.6 Å². The number of carbonyl (C=O) groups excluding carboxylic acids is 1. The first kappa shape index (κ1) is 14.9. The van der Waals surface area contributed by atoms with E-state index in [0.717, 1.165) is 5.56 Å². The molecule has 0 spiro atoms. The minimum absolute atomic E-state index is 0.0790. The minimum atomic E-state index is -0.601. The highest BCUT2D eigenvalue weighted by atomic mass is 35.5. The summed E-state index contributed by atoms with van der Waals surface area (Å²) in [7, 11) is 0. The molecule has 7 heteroatoms. The van der Waals surface area contributed by atoms with Crippen LogP contribution in [0.15, 0.2) is 30.3 Å². The molecular weight excluding hydrogens is 294 g/mol. The molecule has 108 valence electrons. The third-order valence-corrected chi connectivity index (χ3v) is 2.97. The van der Waals surface area contributed by atoms with Gasteiger partial charge in [-0.05, 0) is 43.7 Å². The third kappa shape index (κ3) is 3.55. The Bertz CT molecular complexity index is 711. The number of nitrogens with zero attached hydrogens (tertiary/aromatic N) is 2. The van der Waals surface area contributed by atoms with Crippen molar-refractivity contribution in [3.63, 3.8) is 0 Å². The Kier molecular flexibility index (Phi) is 4.18. The second kappa shape index (κ2) is 5.88. The molecule has 0 fully saturated rings. The first-order valence-electron chi connectivity index (χ1n) is 6.07. The van der Waals surface area contributed by atoms with Gasteiger partial charge < -0.3 is 5.32 Å². The zero-order valence-electron chi connectivity index (χ0n) is 11.4. The first-order chi connectivity index (χ1) is 9.86. The molecule has 0 aliphatic carbocycles. The number of amides is 1. The lowest BCUT2D eigenvalue weighted by atomic mass is 10.2. The summed E-state index contributed by atoms with van der Waals surface area (Å²) in [4.78, 5) is 26.6. The van der Waals surface area contributed by atoms with Crippen LogP contribution in [0.4, 0.5) is 11.4 Å². The summed E-state index contributed by atoms with van der Waals surface area (Å²) in [6, 6.07) is 7.50. The molecule has 2 rings (SSSR count). The molecule has 6 nitrogen and oxygen atoms in total. The van der Waals surface area contributed by atoms with Gasteiger partial charge in [-0.15, -0.1) is 0 Å². The summed E-state index contributed by atoms with van der Waals surface area (Å²) in [6.45, 7) is 3.62. The van der Waals surface area contributed by atoms with Gasteiger partial charge in [-0.3, -0.25) is 14.9 Å². The fourth-order valence-corrected chi connectivity index (χ4v) is 2.07. The minimum Gasteiger partial charge on any atom is -0.315 e. The standard InChI is InChI=1S/C14H12ClN3O3/c1-8-5-9(2)16-12(6-8)14(19)17-11-4-3-10(15)7-13(11)18(20)21/h3-7H,1-2H3,(H,17,19). The number of nitrogens with one attached hydrogen (secondary N) is 1. The van der Waals surface area contributed by atoms with Gasteiger partial charge in [0.15, 0.2) is 0 Å². The SMILES string of the molecule is Cc1cc(C)nc(C(=O)Nc2ccc(Cl)cc2[N+](=O)[O-])c1. The Labute approximate surface area is 125 Å². The summed E-state index contributed by atoms with van der Waals surface area (Å²) < 4.78 is 0. The van der Waals surface area contributed by atoms with Gasteiger partial charge in [0.1, 0.15) is 11.4 Å². The molecule has 0 unspecified atom stereocenters. The average Bonchev–Trinajstić information content (AvgIpc) is 2.39. The van der Waals surface area contributed by atoms with E-state index in [1.807, 2.05) is 13.0 Å². The number of hydrogen-bond donors (Lipinski definition) is 1. The number of nitro benzene ring substituents is 1. The number of carbonyl (C=O) groups is 1. The van der Waals surface area contributed by atoms with Crippen molar-refractivity contribution in [2.24, 2.45) is 0 Å². The maximum atomic E-state index is 12.1. The highest BCUT2D eigenvalue weighted by molar-refractivity contribution is 6.31. The molecular formula is C14H12ClN3O3. The Morgan fingerprint density at radius 2 is 2.00 bits per heavy atom. The fraction of sp³-hybridized carbons (Fsp3) is 0.143. The normalized spacial score (nSPS) is 10.2. The van der Waals surface area contributed by atoms with Gasteiger partial charge >= 0.3 is 0 Å². The maximum Gasteiger partial charge on any atom is 0.294 e. The van der Waals surface area contributed by atoms with Gasteiger partial charge in [0.25, 0.3) is 11.6 Å². The van der Waals surface area contributed by atoms with Crippen molar-refractivity contribution >= 4 is 28.9 Å². The molecule has 1 aromatic heterocycles. The fourth-order valence-electron chi connectivity index (χ4n) is 1.91. The Morgan fingerprint density at radius 1 is 1.29 bits per heavy atom. The summed E-state index contributed by atoms with van der Waals surface area (Å²) in [5.74, 6) is -0.507. The van der Waals surface area contributed by atoms with Gasteiger partial charge in [0.2, 0.25) is 0 Å². The van der Waals surface area contributed by atoms with Crippen molar-refractivity contribution in [2.45, 2.75) is 13.8 Å². The third-order valence-electron chi connectivity index (χ3n) is 2.74. The molecule has 0 atom stereocenters. The topological polar surface area (TPSA) is 85.1 Å². The van der Waals surface area contributed by atoms with Crippen LogP contribution in [0, 0.1) is 24.0 Å². The highest BCUT2D eigenvalue weighted by Crippen LogP contribution is 2.28. The van der Waals surface area contributed by atoms with Crippen LogP contribution in [0.2, 0.25) is 5.02 Å². The van der Waals surface area contributed by atoms with Crippen LogP contribution in [0.5, 0.6) is 0 Å². The number of halogens is 1. The molecule has 1 heterocycles. The summed E-state index contributed by atoms with van der Waals surface area (Å²) in [6.07, 6.45) is 0. The van der Waals surface area contributed by atoms with Crippen molar-refractivity contribution in [1.82, 2.24) is 4.98 Å². The Morgan fingerprint density at radius 3 is 2.62 bits per heavy atom. The van der Waals surface area contributed by atoms with Gasteiger partial charge in [-0.1, -0.05) is 11.6 Å². The van der Waals surface area contributed by atoms with E-state index >= 15 is 0 Å². The summed E-state index contributed by atoms with van der Waals surface area (Å²) in [5.41, 5.74) is 1.61. The van der Waals surface area contributed by atoms with E-state index in [4.69, 9.17) is 11.6 Å². The molecule has 0 saturated carbocycles.